The fourth-order valence-corrected chi connectivity index (χ4v) is 2.89. The number of fused-ring (bicyclic) bond motifs is 2. The summed E-state index contributed by atoms with van der Waals surface area (Å²) in [6, 6.07) is 0. The molecular weight excluding hydrogens is 162 g/mol. The van der Waals surface area contributed by atoms with Gasteiger partial charge in [0.05, 0.1) is 6.10 Å². The molecule has 1 aliphatic carbocycles. The molecule has 0 aromatic rings. The number of likely N-dealkylation sites (tertiary alicyclic amines) is 1. The van der Waals surface area contributed by atoms with Crippen LogP contribution in [-0.4, -0.2) is 35.7 Å². The first kappa shape index (κ1) is 9.47. The number of β-amino-alcohol motifs (C(OH)–C–C–N with tert-alkyl or cyclic N) is 1. The van der Waals surface area contributed by atoms with Gasteiger partial charge in [-0.05, 0) is 37.5 Å². The van der Waals surface area contributed by atoms with E-state index in [-0.39, 0.29) is 6.10 Å². The first-order valence-corrected chi connectivity index (χ1v) is 5.68. The molecule has 0 aromatic carbocycles. The highest BCUT2D eigenvalue weighted by Crippen LogP contribution is 2.36. The summed E-state index contributed by atoms with van der Waals surface area (Å²) < 4.78 is 0. The molecule has 3 atom stereocenters. The van der Waals surface area contributed by atoms with Crippen molar-refractivity contribution >= 4 is 0 Å². The van der Waals surface area contributed by atoms with Crippen LogP contribution in [-0.2, 0) is 0 Å². The van der Waals surface area contributed by atoms with Gasteiger partial charge in [-0.25, -0.2) is 0 Å². The topological polar surface area (TPSA) is 23.5 Å². The predicted octanol–water partition coefficient (Wildman–Crippen LogP) is 1.49. The van der Waals surface area contributed by atoms with Gasteiger partial charge < -0.3 is 10.0 Å². The van der Waals surface area contributed by atoms with Gasteiger partial charge >= 0.3 is 0 Å². The van der Waals surface area contributed by atoms with Crippen LogP contribution in [0.1, 0.15) is 32.6 Å². The Hall–Kier alpha value is -0.0800. The van der Waals surface area contributed by atoms with Crippen LogP contribution in [0.15, 0.2) is 0 Å². The lowest BCUT2D eigenvalue weighted by Gasteiger charge is -2.32. The van der Waals surface area contributed by atoms with Gasteiger partial charge in [-0.2, -0.15) is 0 Å². The van der Waals surface area contributed by atoms with E-state index in [0.717, 1.165) is 24.8 Å². The summed E-state index contributed by atoms with van der Waals surface area (Å²) in [7, 11) is 0. The Morgan fingerprint density at radius 2 is 1.92 bits per heavy atom. The third-order valence-electron chi connectivity index (χ3n) is 3.62. The smallest absolute Gasteiger partial charge is 0.0664 e. The van der Waals surface area contributed by atoms with Gasteiger partial charge in [0.25, 0.3) is 0 Å². The Morgan fingerprint density at radius 3 is 2.46 bits per heavy atom. The Labute approximate surface area is 80.9 Å². The van der Waals surface area contributed by atoms with E-state index in [1.165, 1.54) is 32.4 Å². The number of rotatable bonds is 3. The van der Waals surface area contributed by atoms with Crippen LogP contribution in [0.3, 0.4) is 0 Å². The second-order valence-corrected chi connectivity index (χ2v) is 4.83. The van der Waals surface area contributed by atoms with Crippen molar-refractivity contribution < 1.29 is 5.11 Å². The highest BCUT2D eigenvalue weighted by atomic mass is 16.3. The summed E-state index contributed by atoms with van der Waals surface area (Å²) in [4.78, 5) is 2.47. The van der Waals surface area contributed by atoms with E-state index < -0.39 is 0 Å². The maximum absolute atomic E-state index is 9.56. The van der Waals surface area contributed by atoms with Gasteiger partial charge in [-0.3, -0.25) is 0 Å². The maximum Gasteiger partial charge on any atom is 0.0664 e. The van der Waals surface area contributed by atoms with E-state index in [4.69, 9.17) is 0 Å². The van der Waals surface area contributed by atoms with E-state index in [0.29, 0.717) is 0 Å². The average Bonchev–Trinajstić information content (AvgIpc) is 2.46. The molecule has 0 spiro atoms. The molecular formula is C11H21NO. The van der Waals surface area contributed by atoms with Gasteiger partial charge in [-0.15, -0.1) is 0 Å². The molecule has 76 valence electrons. The van der Waals surface area contributed by atoms with Crippen LogP contribution in [0.2, 0.25) is 0 Å². The zero-order valence-corrected chi connectivity index (χ0v) is 8.58. The zero-order chi connectivity index (χ0) is 9.26. The summed E-state index contributed by atoms with van der Waals surface area (Å²) in [6.07, 6.45) is 5.12. The lowest BCUT2D eigenvalue weighted by Crippen LogP contribution is -2.40. The lowest BCUT2D eigenvalue weighted by atomic mass is 9.98. The van der Waals surface area contributed by atoms with Crippen LogP contribution >= 0.6 is 0 Å². The third-order valence-corrected chi connectivity index (χ3v) is 3.62. The van der Waals surface area contributed by atoms with Crippen LogP contribution in [0.5, 0.6) is 0 Å². The van der Waals surface area contributed by atoms with Crippen molar-refractivity contribution in [3.05, 3.63) is 0 Å². The Bertz CT molecular complexity index is 159. The summed E-state index contributed by atoms with van der Waals surface area (Å²) in [5.41, 5.74) is 0. The first-order chi connectivity index (χ1) is 6.28. The largest absolute Gasteiger partial charge is 0.392 e. The quantitative estimate of drug-likeness (QED) is 0.716. The highest BCUT2D eigenvalue weighted by Gasteiger charge is 2.32. The number of aliphatic hydroxyl groups excluding tert-OH is 1. The molecule has 0 radical (unpaired) electrons. The van der Waals surface area contributed by atoms with Crippen LogP contribution < -0.4 is 0 Å². The molecule has 2 fully saturated rings. The second-order valence-electron chi connectivity index (χ2n) is 4.83. The van der Waals surface area contributed by atoms with Crippen molar-refractivity contribution in [3.8, 4) is 0 Å². The van der Waals surface area contributed by atoms with E-state index in [9.17, 15) is 5.11 Å². The number of piperidine rings is 1. The number of aliphatic hydroxyl groups is 1. The molecule has 1 saturated carbocycles. The lowest BCUT2D eigenvalue weighted by molar-refractivity contribution is 0.0791. The molecule has 3 unspecified atom stereocenters. The molecule has 1 N–H and O–H groups in total. The number of hydrogen-bond donors (Lipinski definition) is 1. The Balaban J connectivity index is 1.81. The fraction of sp³-hybridized carbons (Fsp3) is 1.00. The molecule has 13 heavy (non-hydrogen) atoms. The molecule has 2 nitrogen and oxygen atoms in total. The van der Waals surface area contributed by atoms with Crippen molar-refractivity contribution in [1.82, 2.24) is 4.90 Å². The monoisotopic (exact) mass is 183 g/mol. The molecule has 2 bridgehead atoms. The van der Waals surface area contributed by atoms with E-state index in [1.807, 2.05) is 0 Å². The summed E-state index contributed by atoms with van der Waals surface area (Å²) in [5.74, 6) is 1.89. The van der Waals surface area contributed by atoms with Crippen molar-refractivity contribution in [1.29, 1.82) is 0 Å². The van der Waals surface area contributed by atoms with Crippen molar-refractivity contribution in [2.75, 3.05) is 19.6 Å². The van der Waals surface area contributed by atoms with Gasteiger partial charge in [0, 0.05) is 19.6 Å². The van der Waals surface area contributed by atoms with Gasteiger partial charge in [0.1, 0.15) is 0 Å². The molecule has 2 aliphatic rings. The summed E-state index contributed by atoms with van der Waals surface area (Å²) in [5, 5.41) is 9.56. The molecule has 2 rings (SSSR count). The zero-order valence-electron chi connectivity index (χ0n) is 8.58. The Kier molecular flexibility index (Phi) is 2.89. The van der Waals surface area contributed by atoms with Gasteiger partial charge in [0.2, 0.25) is 0 Å². The van der Waals surface area contributed by atoms with Crippen LogP contribution in [0, 0.1) is 11.8 Å². The second kappa shape index (κ2) is 3.97. The number of nitrogens with zero attached hydrogens (tertiary/aromatic N) is 1. The molecule has 0 aromatic heterocycles. The van der Waals surface area contributed by atoms with E-state index in [2.05, 4.69) is 11.8 Å². The normalized spacial score (nSPS) is 36.5. The molecule has 1 saturated heterocycles. The minimum atomic E-state index is -0.0995. The maximum atomic E-state index is 9.56. The van der Waals surface area contributed by atoms with Gasteiger partial charge in [-0.1, -0.05) is 6.92 Å². The van der Waals surface area contributed by atoms with E-state index >= 15 is 0 Å². The minimum Gasteiger partial charge on any atom is -0.392 e. The SMILES string of the molecule is CCC(O)CN1CC2CCC(C2)C1. The molecule has 1 heterocycles. The minimum absolute atomic E-state index is 0.0995. The van der Waals surface area contributed by atoms with Crippen LogP contribution in [0.25, 0.3) is 0 Å². The predicted molar refractivity (Wildman–Crippen MR) is 53.6 cm³/mol. The summed E-state index contributed by atoms with van der Waals surface area (Å²) >= 11 is 0. The van der Waals surface area contributed by atoms with E-state index in [1.54, 1.807) is 0 Å². The Morgan fingerprint density at radius 1 is 1.31 bits per heavy atom. The standard InChI is InChI=1S/C11H21NO/c1-2-11(13)8-12-6-9-3-4-10(5-9)7-12/h9-11,13H,2-8H2,1H3. The van der Waals surface area contributed by atoms with Crippen molar-refractivity contribution in [2.24, 2.45) is 11.8 Å². The molecule has 2 heteroatoms. The third kappa shape index (κ3) is 2.23. The fourth-order valence-electron chi connectivity index (χ4n) is 2.89. The first-order valence-electron chi connectivity index (χ1n) is 5.68. The van der Waals surface area contributed by atoms with Crippen molar-refractivity contribution in [3.63, 3.8) is 0 Å². The summed E-state index contributed by atoms with van der Waals surface area (Å²) in [6.45, 7) is 5.45. The molecule has 1 aliphatic heterocycles. The van der Waals surface area contributed by atoms with Crippen LogP contribution in [0.4, 0.5) is 0 Å². The number of hydrogen-bond acceptors (Lipinski definition) is 2. The average molecular weight is 183 g/mol. The molecule has 0 amide bonds. The highest BCUT2D eigenvalue weighted by molar-refractivity contribution is 4.86. The van der Waals surface area contributed by atoms with Gasteiger partial charge in [0.15, 0.2) is 0 Å². The van der Waals surface area contributed by atoms with Crippen molar-refractivity contribution in [2.45, 2.75) is 38.7 Å².